The molecule has 34 heavy (non-hydrogen) atoms. The van der Waals surface area contributed by atoms with E-state index in [-0.39, 0.29) is 30.9 Å². The number of carbonyl (C=O) groups excluding carboxylic acids is 2. The molecule has 2 aromatic heterocycles. The van der Waals surface area contributed by atoms with E-state index in [1.54, 1.807) is 25.3 Å². The van der Waals surface area contributed by atoms with E-state index in [0.29, 0.717) is 35.6 Å². The van der Waals surface area contributed by atoms with Crippen LogP contribution in [0.15, 0.2) is 47.7 Å². The van der Waals surface area contributed by atoms with Gasteiger partial charge in [0.25, 0.3) is 0 Å². The van der Waals surface area contributed by atoms with Gasteiger partial charge in [-0.15, -0.1) is 11.3 Å². The maximum atomic E-state index is 12.6. The van der Waals surface area contributed by atoms with Gasteiger partial charge in [-0.05, 0) is 31.2 Å². The minimum absolute atomic E-state index is 0.0470. The first-order chi connectivity index (χ1) is 16.3. The van der Waals surface area contributed by atoms with E-state index >= 15 is 0 Å². The molecule has 2 unspecified atom stereocenters. The minimum Gasteiger partial charge on any atom is -0.446 e. The number of aryl methyl sites for hydroxylation is 1. The van der Waals surface area contributed by atoms with Gasteiger partial charge in [-0.3, -0.25) is 4.79 Å². The number of thiophene rings is 1. The lowest BCUT2D eigenvalue weighted by Gasteiger charge is -2.22. The molecule has 0 fully saturated rings. The molecule has 1 aliphatic carbocycles. The lowest BCUT2D eigenvalue weighted by molar-refractivity contribution is -0.116. The molecular weight excluding hydrogens is 452 g/mol. The Balaban J connectivity index is 1.58. The number of ether oxygens (including phenoxy) is 1. The lowest BCUT2D eigenvalue weighted by Crippen LogP contribution is -2.31. The highest BCUT2D eigenvalue weighted by Gasteiger charge is 2.28. The maximum Gasteiger partial charge on any atom is 0.407 e. The molecule has 9 heteroatoms. The Kier molecular flexibility index (Phi) is 8.44. The molecule has 2 amide bonds. The summed E-state index contributed by atoms with van der Waals surface area (Å²) >= 11 is 1.37. The number of fused-ring (bicyclic) bond motifs is 1. The van der Waals surface area contributed by atoms with Crippen LogP contribution < -0.4 is 10.6 Å². The summed E-state index contributed by atoms with van der Waals surface area (Å²) < 4.78 is 10.6. The summed E-state index contributed by atoms with van der Waals surface area (Å²) in [6.45, 7) is 11.6. The summed E-state index contributed by atoms with van der Waals surface area (Å²) in [6, 6.07) is 2.23. The standard InChI is InChI=1S/C25H28N4O4S/c1-5-6-7-15(2)16(3)10-23(30)29-24-21(12-26)20-9-8-19(11-22(20)34-24)32-25(31)27-13-18-14-28-33-17(18)4/h5-7,14,16,19H,1-2,8-11,13H2,3-4H3,(H,27,31)(H,29,30)/b7-6-. The summed E-state index contributed by atoms with van der Waals surface area (Å²) in [5.74, 6) is 0.424. The molecule has 0 saturated carbocycles. The van der Waals surface area contributed by atoms with Crippen molar-refractivity contribution in [3.63, 3.8) is 0 Å². The molecule has 2 aromatic rings. The van der Waals surface area contributed by atoms with E-state index in [1.165, 1.54) is 11.3 Å². The van der Waals surface area contributed by atoms with Crippen molar-refractivity contribution in [1.82, 2.24) is 10.5 Å². The van der Waals surface area contributed by atoms with Gasteiger partial charge in [0.2, 0.25) is 5.91 Å². The van der Waals surface area contributed by atoms with Crippen LogP contribution in [-0.4, -0.2) is 23.3 Å². The number of anilines is 1. The second kappa shape index (κ2) is 11.5. The van der Waals surface area contributed by atoms with Crippen LogP contribution in [0.1, 0.15) is 47.1 Å². The van der Waals surface area contributed by atoms with Gasteiger partial charge in [0.15, 0.2) is 0 Å². The second-order valence-corrected chi connectivity index (χ2v) is 9.28. The first-order valence-electron chi connectivity index (χ1n) is 11.0. The quantitative estimate of drug-likeness (QED) is 0.490. The summed E-state index contributed by atoms with van der Waals surface area (Å²) in [6.07, 6.45) is 7.99. The van der Waals surface area contributed by atoms with Crippen LogP contribution in [0, 0.1) is 24.2 Å². The number of hydrogen-bond donors (Lipinski definition) is 2. The van der Waals surface area contributed by atoms with Crippen molar-refractivity contribution in [2.24, 2.45) is 5.92 Å². The molecule has 2 atom stereocenters. The van der Waals surface area contributed by atoms with Gasteiger partial charge < -0.3 is 19.9 Å². The van der Waals surface area contributed by atoms with Crippen LogP contribution in [0.3, 0.4) is 0 Å². The van der Waals surface area contributed by atoms with Gasteiger partial charge in [0.05, 0.1) is 18.3 Å². The van der Waals surface area contributed by atoms with Gasteiger partial charge in [0, 0.05) is 23.3 Å². The number of amides is 2. The fraction of sp³-hybridized carbons (Fsp3) is 0.360. The first kappa shape index (κ1) is 25.0. The summed E-state index contributed by atoms with van der Waals surface area (Å²) in [5.41, 5.74) is 3.04. The van der Waals surface area contributed by atoms with E-state index in [1.807, 2.05) is 13.0 Å². The number of nitrogens with one attached hydrogen (secondary N) is 2. The summed E-state index contributed by atoms with van der Waals surface area (Å²) in [7, 11) is 0. The molecule has 178 valence electrons. The van der Waals surface area contributed by atoms with Crippen molar-refractivity contribution in [3.05, 3.63) is 70.5 Å². The fourth-order valence-corrected chi connectivity index (χ4v) is 4.93. The van der Waals surface area contributed by atoms with Crippen molar-refractivity contribution in [2.75, 3.05) is 5.32 Å². The molecule has 2 N–H and O–H groups in total. The number of hydrogen-bond acceptors (Lipinski definition) is 7. The highest BCUT2D eigenvalue weighted by Crippen LogP contribution is 2.38. The Morgan fingerprint density at radius 2 is 2.29 bits per heavy atom. The highest BCUT2D eigenvalue weighted by atomic mass is 32.1. The molecule has 0 spiro atoms. The minimum atomic E-state index is -0.514. The number of nitrogens with zero attached hydrogens (tertiary/aromatic N) is 2. The second-order valence-electron chi connectivity index (χ2n) is 8.17. The van der Waals surface area contributed by atoms with Crippen molar-refractivity contribution < 1.29 is 18.8 Å². The van der Waals surface area contributed by atoms with E-state index in [9.17, 15) is 14.9 Å². The van der Waals surface area contributed by atoms with Crippen molar-refractivity contribution >= 4 is 28.3 Å². The average molecular weight is 481 g/mol. The molecule has 0 aliphatic heterocycles. The van der Waals surface area contributed by atoms with Crippen molar-refractivity contribution in [2.45, 2.75) is 52.2 Å². The predicted octanol–water partition coefficient (Wildman–Crippen LogP) is 4.96. The van der Waals surface area contributed by atoms with Gasteiger partial charge in [-0.25, -0.2) is 4.79 Å². The zero-order valence-electron chi connectivity index (χ0n) is 19.3. The van der Waals surface area contributed by atoms with Crippen LogP contribution in [-0.2, 0) is 28.9 Å². The maximum absolute atomic E-state index is 12.6. The molecule has 0 aromatic carbocycles. The summed E-state index contributed by atoms with van der Waals surface area (Å²) in [5, 5.41) is 19.5. The third-order valence-electron chi connectivity index (χ3n) is 5.70. The van der Waals surface area contributed by atoms with Crippen LogP contribution in [0.25, 0.3) is 0 Å². The molecule has 0 bridgehead atoms. The van der Waals surface area contributed by atoms with E-state index in [4.69, 9.17) is 9.26 Å². The van der Waals surface area contributed by atoms with Gasteiger partial charge in [-0.1, -0.05) is 49.0 Å². The van der Waals surface area contributed by atoms with Crippen LogP contribution in [0.4, 0.5) is 9.80 Å². The third-order valence-corrected chi connectivity index (χ3v) is 6.87. The normalized spacial score (nSPS) is 15.7. The molecule has 0 radical (unpaired) electrons. The SMILES string of the molecule is C=C/C=C\C(=C)C(C)CC(=O)Nc1sc2c(c1C#N)CCC(OC(=O)NCc1cnoc1C)C2. The smallest absolute Gasteiger partial charge is 0.407 e. The number of aromatic nitrogens is 1. The third kappa shape index (κ3) is 6.23. The molecule has 8 nitrogen and oxygen atoms in total. The van der Waals surface area contributed by atoms with Crippen molar-refractivity contribution in [1.29, 1.82) is 5.26 Å². The van der Waals surface area contributed by atoms with E-state index < -0.39 is 6.09 Å². The molecule has 0 saturated heterocycles. The van der Waals surface area contributed by atoms with Crippen LogP contribution in [0.2, 0.25) is 0 Å². The van der Waals surface area contributed by atoms with Gasteiger partial charge in [-0.2, -0.15) is 5.26 Å². The number of allylic oxidation sites excluding steroid dienone is 4. The van der Waals surface area contributed by atoms with Gasteiger partial charge in [0.1, 0.15) is 22.9 Å². The van der Waals surface area contributed by atoms with E-state index in [0.717, 1.165) is 21.6 Å². The largest absolute Gasteiger partial charge is 0.446 e. The predicted molar refractivity (Wildman–Crippen MR) is 130 cm³/mol. The topological polar surface area (TPSA) is 117 Å². The zero-order chi connectivity index (χ0) is 24.7. The first-order valence-corrected chi connectivity index (χ1v) is 11.8. The molecule has 1 aliphatic rings. The molecule has 2 heterocycles. The van der Waals surface area contributed by atoms with E-state index in [2.05, 4.69) is 35.0 Å². The Hall–Kier alpha value is -3.64. The van der Waals surface area contributed by atoms with Crippen LogP contribution >= 0.6 is 11.3 Å². The number of rotatable bonds is 9. The number of carbonyl (C=O) groups is 2. The Morgan fingerprint density at radius 3 is 2.97 bits per heavy atom. The lowest BCUT2D eigenvalue weighted by atomic mass is 9.93. The number of nitriles is 1. The molecule has 3 rings (SSSR count). The Morgan fingerprint density at radius 1 is 1.50 bits per heavy atom. The monoisotopic (exact) mass is 480 g/mol. The summed E-state index contributed by atoms with van der Waals surface area (Å²) in [4.78, 5) is 25.8. The Labute approximate surface area is 203 Å². The molecular formula is C25H28N4O4S. The van der Waals surface area contributed by atoms with Crippen LogP contribution in [0.5, 0.6) is 0 Å². The average Bonchev–Trinajstić information content (AvgIpc) is 3.37. The zero-order valence-corrected chi connectivity index (χ0v) is 20.2. The van der Waals surface area contributed by atoms with Crippen molar-refractivity contribution in [3.8, 4) is 6.07 Å². The number of alkyl carbamates (subject to hydrolysis) is 1. The van der Waals surface area contributed by atoms with Gasteiger partial charge >= 0.3 is 6.09 Å². The highest BCUT2D eigenvalue weighted by molar-refractivity contribution is 7.16. The Bertz CT molecular complexity index is 1150. The fourth-order valence-electron chi connectivity index (χ4n) is 3.65.